The van der Waals surface area contributed by atoms with Crippen LogP contribution >= 0.6 is 0 Å². The Morgan fingerprint density at radius 1 is 1.43 bits per heavy atom. The van der Waals surface area contributed by atoms with Gasteiger partial charge in [-0.1, -0.05) is 0 Å². The smallest absolute Gasteiger partial charge is 0.252 e. The van der Waals surface area contributed by atoms with Crippen LogP contribution in [0.4, 0.5) is 0 Å². The lowest BCUT2D eigenvalue weighted by atomic mass is 10.2. The first-order valence-corrected chi connectivity index (χ1v) is 7.38. The van der Waals surface area contributed by atoms with Crippen molar-refractivity contribution in [1.82, 2.24) is 19.9 Å². The molecule has 1 aliphatic carbocycles. The SMILES string of the molecule is COCCCNC(=O)c1ccc2nnc(CC3CC3)n2c1. The van der Waals surface area contributed by atoms with Gasteiger partial charge >= 0.3 is 0 Å². The van der Waals surface area contributed by atoms with Crippen molar-refractivity contribution in [3.8, 4) is 0 Å². The fourth-order valence-corrected chi connectivity index (χ4v) is 2.31. The van der Waals surface area contributed by atoms with Gasteiger partial charge in [-0.05, 0) is 37.3 Å². The molecule has 0 unspecified atom stereocenters. The molecule has 6 nitrogen and oxygen atoms in total. The molecule has 0 radical (unpaired) electrons. The zero-order valence-corrected chi connectivity index (χ0v) is 12.2. The lowest BCUT2D eigenvalue weighted by molar-refractivity contribution is 0.0948. The Kier molecular flexibility index (Phi) is 4.15. The Balaban J connectivity index is 1.71. The number of aromatic nitrogens is 3. The second-order valence-electron chi connectivity index (χ2n) is 5.51. The summed E-state index contributed by atoms with van der Waals surface area (Å²) < 4.78 is 6.90. The topological polar surface area (TPSA) is 68.5 Å². The standard InChI is InChI=1S/C15H20N4O2/c1-21-8-2-7-16-15(20)12-5-6-13-17-18-14(19(13)10-12)9-11-3-4-11/h5-6,10-11H,2-4,7-9H2,1H3,(H,16,20). The van der Waals surface area contributed by atoms with Crippen LogP contribution in [0.25, 0.3) is 5.65 Å². The molecule has 2 aromatic rings. The molecule has 0 bridgehead atoms. The third kappa shape index (κ3) is 3.39. The maximum Gasteiger partial charge on any atom is 0.252 e. The average molecular weight is 288 g/mol. The number of nitrogens with one attached hydrogen (secondary N) is 1. The van der Waals surface area contributed by atoms with Crippen LogP contribution in [0.1, 0.15) is 35.4 Å². The van der Waals surface area contributed by atoms with Crippen LogP contribution < -0.4 is 5.32 Å². The van der Waals surface area contributed by atoms with E-state index in [9.17, 15) is 4.79 Å². The number of rotatable bonds is 7. The van der Waals surface area contributed by atoms with Crippen LogP contribution in [0.2, 0.25) is 0 Å². The van der Waals surface area contributed by atoms with E-state index in [0.29, 0.717) is 18.7 Å². The highest BCUT2D eigenvalue weighted by Crippen LogP contribution is 2.32. The van der Waals surface area contributed by atoms with Crippen LogP contribution in [0, 0.1) is 5.92 Å². The summed E-state index contributed by atoms with van der Waals surface area (Å²) in [6.07, 6.45) is 6.13. The van der Waals surface area contributed by atoms with Crippen molar-refractivity contribution in [2.45, 2.75) is 25.7 Å². The molecule has 1 amide bonds. The third-order valence-corrected chi connectivity index (χ3v) is 3.71. The summed E-state index contributed by atoms with van der Waals surface area (Å²) in [5.41, 5.74) is 1.43. The first-order chi connectivity index (χ1) is 10.3. The molecule has 1 saturated carbocycles. The van der Waals surface area contributed by atoms with Gasteiger partial charge in [0.1, 0.15) is 5.82 Å². The third-order valence-electron chi connectivity index (χ3n) is 3.71. The normalized spacial score (nSPS) is 14.5. The minimum Gasteiger partial charge on any atom is -0.385 e. The molecule has 0 saturated heterocycles. The molecule has 1 aliphatic rings. The number of hydrogen-bond acceptors (Lipinski definition) is 4. The maximum atomic E-state index is 12.1. The van der Waals surface area contributed by atoms with E-state index in [0.717, 1.165) is 30.2 Å². The summed E-state index contributed by atoms with van der Waals surface area (Å²) in [5.74, 6) is 1.62. The van der Waals surface area contributed by atoms with Crippen molar-refractivity contribution in [2.24, 2.45) is 5.92 Å². The van der Waals surface area contributed by atoms with Gasteiger partial charge in [0, 0.05) is 32.9 Å². The molecular weight excluding hydrogens is 268 g/mol. The molecule has 21 heavy (non-hydrogen) atoms. The van der Waals surface area contributed by atoms with Gasteiger partial charge in [-0.2, -0.15) is 0 Å². The Labute approximate surface area is 123 Å². The molecule has 3 rings (SSSR count). The van der Waals surface area contributed by atoms with E-state index in [4.69, 9.17) is 4.74 Å². The summed E-state index contributed by atoms with van der Waals surface area (Å²) in [6.45, 7) is 1.26. The van der Waals surface area contributed by atoms with E-state index >= 15 is 0 Å². The molecule has 112 valence electrons. The maximum absolute atomic E-state index is 12.1. The van der Waals surface area contributed by atoms with Crippen molar-refractivity contribution in [1.29, 1.82) is 0 Å². The monoisotopic (exact) mass is 288 g/mol. The van der Waals surface area contributed by atoms with E-state index in [1.54, 1.807) is 13.2 Å². The Hall–Kier alpha value is -1.95. The summed E-state index contributed by atoms with van der Waals surface area (Å²) in [7, 11) is 1.66. The van der Waals surface area contributed by atoms with Gasteiger partial charge in [-0.15, -0.1) is 10.2 Å². The van der Waals surface area contributed by atoms with Crippen molar-refractivity contribution in [2.75, 3.05) is 20.3 Å². The lowest BCUT2D eigenvalue weighted by Gasteiger charge is -2.06. The number of amides is 1. The van der Waals surface area contributed by atoms with Gasteiger partial charge in [0.25, 0.3) is 5.91 Å². The molecule has 0 aromatic carbocycles. The number of ether oxygens (including phenoxy) is 1. The van der Waals surface area contributed by atoms with Crippen molar-refractivity contribution in [3.05, 3.63) is 29.7 Å². The van der Waals surface area contributed by atoms with Gasteiger partial charge in [-0.25, -0.2) is 0 Å². The van der Waals surface area contributed by atoms with Gasteiger partial charge in [0.2, 0.25) is 0 Å². The van der Waals surface area contributed by atoms with Crippen molar-refractivity contribution in [3.63, 3.8) is 0 Å². The highest BCUT2D eigenvalue weighted by molar-refractivity contribution is 5.94. The largest absolute Gasteiger partial charge is 0.385 e. The van der Waals surface area contributed by atoms with Gasteiger partial charge in [-0.3, -0.25) is 9.20 Å². The van der Waals surface area contributed by atoms with Crippen LogP contribution in [0.5, 0.6) is 0 Å². The van der Waals surface area contributed by atoms with Gasteiger partial charge < -0.3 is 10.1 Å². The fraction of sp³-hybridized carbons (Fsp3) is 0.533. The molecular formula is C15H20N4O2. The van der Waals surface area contributed by atoms with Crippen LogP contribution in [0.3, 0.4) is 0 Å². The summed E-state index contributed by atoms with van der Waals surface area (Å²) in [6, 6.07) is 3.63. The average Bonchev–Trinajstić information content (AvgIpc) is 3.23. The molecule has 1 fully saturated rings. The van der Waals surface area contributed by atoms with E-state index in [1.165, 1.54) is 12.8 Å². The van der Waals surface area contributed by atoms with Crippen LogP contribution in [-0.2, 0) is 11.2 Å². The van der Waals surface area contributed by atoms with Crippen molar-refractivity contribution < 1.29 is 9.53 Å². The number of carbonyl (C=O) groups is 1. The minimum absolute atomic E-state index is 0.0703. The fourth-order valence-electron chi connectivity index (χ4n) is 2.31. The van der Waals surface area contributed by atoms with E-state index in [-0.39, 0.29) is 5.91 Å². The first-order valence-electron chi connectivity index (χ1n) is 7.38. The second-order valence-corrected chi connectivity index (χ2v) is 5.51. The predicted octanol–water partition coefficient (Wildman–Crippen LogP) is 1.45. The number of pyridine rings is 1. The van der Waals surface area contributed by atoms with Gasteiger partial charge in [0.15, 0.2) is 5.65 Å². The van der Waals surface area contributed by atoms with E-state index in [1.807, 2.05) is 16.7 Å². The van der Waals surface area contributed by atoms with Crippen LogP contribution in [0.15, 0.2) is 18.3 Å². The van der Waals surface area contributed by atoms with E-state index < -0.39 is 0 Å². The quantitative estimate of drug-likeness (QED) is 0.783. The molecule has 0 atom stereocenters. The lowest BCUT2D eigenvalue weighted by Crippen LogP contribution is -2.25. The number of methoxy groups -OCH3 is 1. The predicted molar refractivity (Wildman–Crippen MR) is 78.2 cm³/mol. The van der Waals surface area contributed by atoms with E-state index in [2.05, 4.69) is 15.5 Å². The minimum atomic E-state index is -0.0703. The molecule has 6 heteroatoms. The summed E-state index contributed by atoms with van der Waals surface area (Å²) >= 11 is 0. The Morgan fingerprint density at radius 3 is 3.05 bits per heavy atom. The first kappa shape index (κ1) is 14.0. The molecule has 0 spiro atoms. The summed E-state index contributed by atoms with van der Waals surface area (Å²) in [5, 5.41) is 11.3. The summed E-state index contributed by atoms with van der Waals surface area (Å²) in [4.78, 5) is 12.1. The zero-order chi connectivity index (χ0) is 14.7. The number of fused-ring (bicyclic) bond motifs is 1. The Morgan fingerprint density at radius 2 is 2.29 bits per heavy atom. The second kappa shape index (κ2) is 6.22. The number of hydrogen-bond donors (Lipinski definition) is 1. The molecule has 1 N–H and O–H groups in total. The van der Waals surface area contributed by atoms with Crippen LogP contribution in [-0.4, -0.2) is 40.8 Å². The zero-order valence-electron chi connectivity index (χ0n) is 12.2. The number of nitrogens with zero attached hydrogens (tertiary/aromatic N) is 3. The van der Waals surface area contributed by atoms with Crippen molar-refractivity contribution >= 4 is 11.6 Å². The molecule has 2 aromatic heterocycles. The number of carbonyl (C=O) groups excluding carboxylic acids is 1. The Bertz CT molecular complexity index is 634. The van der Waals surface area contributed by atoms with Gasteiger partial charge in [0.05, 0.1) is 5.56 Å². The molecule has 0 aliphatic heterocycles. The highest BCUT2D eigenvalue weighted by Gasteiger charge is 2.24. The molecule has 2 heterocycles. The highest BCUT2D eigenvalue weighted by atomic mass is 16.5.